The van der Waals surface area contributed by atoms with Gasteiger partial charge in [0.25, 0.3) is 0 Å². The van der Waals surface area contributed by atoms with Crippen molar-refractivity contribution < 1.29 is 33.5 Å². The second-order valence-corrected chi connectivity index (χ2v) is 43.9. The van der Waals surface area contributed by atoms with Gasteiger partial charge in [0, 0.05) is 5.56 Å². The van der Waals surface area contributed by atoms with Gasteiger partial charge in [-0.3, -0.25) is 0 Å². The van der Waals surface area contributed by atoms with Crippen LogP contribution < -0.4 is 28.4 Å². The number of hydrogen-bond donors (Lipinski definition) is 1. The van der Waals surface area contributed by atoms with E-state index >= 15 is 0 Å². The van der Waals surface area contributed by atoms with E-state index in [1.807, 2.05) is 45.9 Å². The van der Waals surface area contributed by atoms with E-state index in [1.54, 1.807) is 0 Å². The highest BCUT2D eigenvalue weighted by atomic mass is 79.9. The largest absolute Gasteiger partial charge is 0.488 e. The Hall–Kier alpha value is -4.96. The Morgan fingerprint density at radius 2 is 0.611 bits per heavy atom. The molecule has 1 N–H and O–H groups in total. The van der Waals surface area contributed by atoms with Crippen molar-refractivity contribution in [1.82, 2.24) is 0 Å². The molecule has 0 radical (unpaired) electrons. The molecule has 8 saturated carbocycles. The first-order chi connectivity index (χ1) is 52.5. The summed E-state index contributed by atoms with van der Waals surface area (Å²) in [5.41, 5.74) is 11.9. The van der Waals surface area contributed by atoms with Gasteiger partial charge in [-0.25, -0.2) is 0 Å². The summed E-state index contributed by atoms with van der Waals surface area (Å²) in [6.45, 7) is 63.2. The molecule has 113 heavy (non-hydrogen) atoms. The van der Waals surface area contributed by atoms with Crippen molar-refractivity contribution >= 4 is 31.9 Å². The zero-order valence-corrected chi connectivity index (χ0v) is 79.3. The molecule has 6 aromatic carbocycles. The van der Waals surface area contributed by atoms with Crippen LogP contribution in [-0.4, -0.2) is 38.7 Å². The van der Waals surface area contributed by atoms with Crippen molar-refractivity contribution in [3.63, 3.8) is 0 Å². The van der Waals surface area contributed by atoms with E-state index in [2.05, 4.69) is 296 Å². The normalized spacial score (nSPS) is 20.5. The quantitative estimate of drug-likeness (QED) is 0.0685. The van der Waals surface area contributed by atoms with Crippen molar-refractivity contribution in [3.05, 3.63) is 174 Å². The highest BCUT2D eigenvalue weighted by Gasteiger charge is 2.45. The summed E-state index contributed by atoms with van der Waals surface area (Å²) in [5.74, 6) is 17.7. The Bertz CT molecular complexity index is 3870. The summed E-state index contributed by atoms with van der Waals surface area (Å²) in [5, 5.41) is 10.7. The van der Waals surface area contributed by atoms with Crippen LogP contribution in [0.1, 0.15) is 412 Å². The number of aliphatic hydroxyl groups is 1. The lowest BCUT2D eigenvalue weighted by molar-refractivity contribution is 0.0255. The van der Waals surface area contributed by atoms with Crippen molar-refractivity contribution in [2.75, 3.05) is 0 Å². The maximum absolute atomic E-state index is 10.7. The Labute approximate surface area is 706 Å². The van der Waals surface area contributed by atoms with E-state index in [-0.39, 0.29) is 33.6 Å². The number of para-hydroxylation sites is 6. The molecule has 9 atom stereocenters. The summed E-state index contributed by atoms with van der Waals surface area (Å²) >= 11 is 7.14. The standard InChI is InChI=1S/C19H28O.C19H30O.C18H26O.C18H28O.C15H21BrO2.C15H21BrO/c1-12-11-17(12)16-8-6-7-15(13(2)14-9-10-14)18(16)20-19(3,4)5;1-7-13(2)16-9-8-10-17(14(3)15-11-12-15)18(16)20-19(4,5)6;1-12(13-8-9-13)15-6-5-7-16(14-10-11-14)17(15)19-18(2,3)4;1-12(2)15-8-7-9-16(13(3)14-10-11-14)17(15)19-18(4,5)6;1-14(2,3)18-13-11(6-5-7-12(13)16)15(4,17)10-8-9-10;1-10(11-8-9-11)12-6-5-7-13(16)14(12)17-15(2,3)4/h6-8,12-14,17H,9-11H2,1-5H3;8-10,13-15H,7,11-12H2,1-6H3;5-7,12-14H,8-11H2,1-4H3;7-9,12-14H,10-11H2,1-6H3;5-7,10,17H,8-9H2,1-4H3;5-7,10-11H,8-9H2,1-4H3. The van der Waals surface area contributed by atoms with E-state index in [4.69, 9.17) is 28.4 Å². The Balaban J connectivity index is 0.000000156. The van der Waals surface area contributed by atoms with E-state index in [9.17, 15) is 5.11 Å². The van der Waals surface area contributed by atoms with Crippen LogP contribution in [0.15, 0.2) is 118 Å². The highest BCUT2D eigenvalue weighted by molar-refractivity contribution is 9.11. The van der Waals surface area contributed by atoms with Crippen molar-refractivity contribution in [1.29, 1.82) is 0 Å². The minimum Gasteiger partial charge on any atom is -0.488 e. The molecule has 0 aliphatic heterocycles. The zero-order valence-electron chi connectivity index (χ0n) is 76.1. The lowest BCUT2D eigenvalue weighted by Crippen LogP contribution is -2.29. The predicted molar refractivity (Wildman–Crippen MR) is 486 cm³/mol. The SMILES string of the molecule is CC(C)(C)Oc1c(Br)cccc1C(C)(O)C1CC1.CC(C)c1cccc(C(C)C2CC2)c1OC(C)(C)C.CC(c1cccc(Br)c1OC(C)(C)C)C1CC1.CC(c1cccc(C2CC2)c1OC(C)(C)C)C1CC1.CC1CC1c1cccc(C(C)C2CC2)c1OC(C)(C)C.CCC(C)c1cccc(C(C)C2CC2)c1OC(C)(C)C. The van der Waals surface area contributed by atoms with Crippen molar-refractivity contribution in [2.24, 2.45) is 41.4 Å². The van der Waals surface area contributed by atoms with Gasteiger partial charge in [0.05, 0.1) is 14.5 Å². The third kappa shape index (κ3) is 27.8. The minimum atomic E-state index is -0.801. The van der Waals surface area contributed by atoms with Gasteiger partial charge in [0.15, 0.2) is 0 Å². The van der Waals surface area contributed by atoms with Crippen LogP contribution in [0.3, 0.4) is 0 Å². The van der Waals surface area contributed by atoms with Gasteiger partial charge >= 0.3 is 0 Å². The smallest absolute Gasteiger partial charge is 0.140 e. The fraction of sp³-hybridized carbons (Fsp3) is 0.654. The first-order valence-corrected chi connectivity index (χ1v) is 46.1. The molecule has 8 aliphatic rings. The van der Waals surface area contributed by atoms with Gasteiger partial charge in [-0.1, -0.05) is 166 Å². The number of halogens is 2. The Kier molecular flexibility index (Phi) is 30.5. The lowest BCUT2D eigenvalue weighted by atomic mass is 9.89. The van der Waals surface area contributed by atoms with Crippen LogP contribution in [0.5, 0.6) is 34.5 Å². The molecule has 0 bridgehead atoms. The van der Waals surface area contributed by atoms with Crippen LogP contribution in [0.25, 0.3) is 0 Å². The second-order valence-electron chi connectivity index (χ2n) is 42.2. The van der Waals surface area contributed by atoms with Crippen molar-refractivity contribution in [3.8, 4) is 34.5 Å². The molecular weight excluding hydrogens is 1520 g/mol. The zero-order chi connectivity index (χ0) is 83.4. The van der Waals surface area contributed by atoms with Crippen LogP contribution in [0.2, 0.25) is 0 Å². The van der Waals surface area contributed by atoms with Crippen LogP contribution >= 0.6 is 31.9 Å². The molecule has 6 aromatic rings. The molecule has 8 fully saturated rings. The molecule has 7 nitrogen and oxygen atoms in total. The summed E-state index contributed by atoms with van der Waals surface area (Å²) in [7, 11) is 0. The first kappa shape index (κ1) is 91.9. The number of rotatable bonds is 23. The van der Waals surface area contributed by atoms with Gasteiger partial charge in [-0.2, -0.15) is 0 Å². The molecule has 9 heteroatoms. The third-order valence-electron chi connectivity index (χ3n) is 24.0. The summed E-state index contributed by atoms with van der Waals surface area (Å²) in [6, 6.07) is 39.3. The molecule has 8 aliphatic carbocycles. The second kappa shape index (κ2) is 37.5. The summed E-state index contributed by atoms with van der Waals surface area (Å²) in [4.78, 5) is 0. The highest BCUT2D eigenvalue weighted by Crippen LogP contribution is 2.57. The van der Waals surface area contributed by atoms with Gasteiger partial charge in [-0.05, 0) is 423 Å². The molecule has 0 heterocycles. The topological polar surface area (TPSA) is 75.6 Å². The van der Waals surface area contributed by atoms with Crippen LogP contribution in [0, 0.1) is 41.4 Å². The molecular formula is C104H154Br2O7. The first-order valence-electron chi connectivity index (χ1n) is 44.5. The van der Waals surface area contributed by atoms with E-state index < -0.39 is 5.60 Å². The molecule has 0 aromatic heterocycles. The van der Waals surface area contributed by atoms with Crippen LogP contribution in [-0.2, 0) is 5.60 Å². The average molecular weight is 1680 g/mol. The minimum absolute atomic E-state index is 0.108. The predicted octanol–water partition coefficient (Wildman–Crippen LogP) is 31.5. The van der Waals surface area contributed by atoms with E-state index in [1.165, 1.54) is 145 Å². The fourth-order valence-electron chi connectivity index (χ4n) is 16.0. The van der Waals surface area contributed by atoms with Gasteiger partial charge < -0.3 is 33.5 Å². The molecule has 626 valence electrons. The average Bonchev–Trinajstić information content (AvgIpc) is 1.68. The maximum atomic E-state index is 10.7. The summed E-state index contributed by atoms with van der Waals surface area (Å²) in [6.07, 6.45) is 21.1. The Morgan fingerprint density at radius 3 is 0.947 bits per heavy atom. The lowest BCUT2D eigenvalue weighted by Gasteiger charge is -2.30. The van der Waals surface area contributed by atoms with Gasteiger partial charge in [0.1, 0.15) is 68.1 Å². The van der Waals surface area contributed by atoms with Gasteiger partial charge in [-0.15, -0.1) is 0 Å². The van der Waals surface area contributed by atoms with E-state index in [0.29, 0.717) is 47.3 Å². The number of ether oxygens (including phenoxy) is 6. The van der Waals surface area contributed by atoms with Gasteiger partial charge in [0.2, 0.25) is 0 Å². The monoisotopic (exact) mass is 1670 g/mol. The molecule has 0 spiro atoms. The fourth-order valence-corrected chi connectivity index (χ4v) is 16.9. The van der Waals surface area contributed by atoms with E-state index in [0.717, 1.165) is 104 Å². The number of hydrogen-bond acceptors (Lipinski definition) is 7. The molecule has 9 unspecified atom stereocenters. The molecule has 0 amide bonds. The summed E-state index contributed by atoms with van der Waals surface area (Å²) < 4.78 is 39.6. The number of benzene rings is 6. The molecule has 0 saturated heterocycles. The molecule has 14 rings (SSSR count). The Morgan fingerprint density at radius 1 is 0.336 bits per heavy atom. The third-order valence-corrected chi connectivity index (χ3v) is 25.3. The maximum Gasteiger partial charge on any atom is 0.140 e. The van der Waals surface area contributed by atoms with Crippen molar-refractivity contribution in [2.45, 2.75) is 396 Å². The van der Waals surface area contributed by atoms with Crippen LogP contribution in [0.4, 0.5) is 0 Å².